The van der Waals surface area contributed by atoms with Crippen LogP contribution in [0.1, 0.15) is 0 Å². The largest absolute Gasteiger partial charge is 0.477 e. The van der Waals surface area contributed by atoms with Crippen molar-refractivity contribution in [1.29, 1.82) is 0 Å². The number of ether oxygens (including phenoxy) is 1. The molecule has 2 aliphatic rings. The van der Waals surface area contributed by atoms with E-state index in [0.717, 1.165) is 11.4 Å². The van der Waals surface area contributed by atoms with Gasteiger partial charge in [0.15, 0.2) is 5.88 Å². The van der Waals surface area contributed by atoms with Crippen LogP contribution in [0, 0.1) is 0 Å². The number of carbonyl (C=O) groups is 2. The van der Waals surface area contributed by atoms with Gasteiger partial charge in [0.05, 0.1) is 6.54 Å². The molecule has 92 valence electrons. The van der Waals surface area contributed by atoms with Crippen LogP contribution in [0.3, 0.4) is 0 Å². The molecule has 2 rings (SSSR count). The molecule has 17 heavy (non-hydrogen) atoms. The van der Waals surface area contributed by atoms with Crippen molar-refractivity contribution in [3.8, 4) is 0 Å². The minimum absolute atomic E-state index is 0.296. The lowest BCUT2D eigenvalue weighted by Crippen LogP contribution is -2.27. The zero-order valence-electron chi connectivity index (χ0n) is 10.1. The van der Waals surface area contributed by atoms with Gasteiger partial charge in [0.1, 0.15) is 12.3 Å². The number of rotatable bonds is 1. The summed E-state index contributed by atoms with van der Waals surface area (Å²) in [6.45, 7) is 1.48. The van der Waals surface area contributed by atoms with Gasteiger partial charge >= 0.3 is 6.03 Å². The molecular weight excluding hydrogens is 222 g/mol. The molecule has 2 aliphatic heterocycles. The van der Waals surface area contributed by atoms with Crippen molar-refractivity contribution in [2.24, 2.45) is 0 Å². The van der Waals surface area contributed by atoms with Crippen molar-refractivity contribution in [1.82, 2.24) is 14.7 Å². The van der Waals surface area contributed by atoms with E-state index in [1.807, 2.05) is 11.9 Å². The van der Waals surface area contributed by atoms with Crippen LogP contribution in [0.5, 0.6) is 0 Å². The number of hydrogen-bond acceptors (Lipinski definition) is 4. The third-order valence-corrected chi connectivity index (χ3v) is 2.90. The first kappa shape index (κ1) is 11.5. The summed E-state index contributed by atoms with van der Waals surface area (Å²) >= 11 is 0. The highest BCUT2D eigenvalue weighted by atomic mass is 16.5. The van der Waals surface area contributed by atoms with E-state index in [1.54, 1.807) is 19.2 Å². The quantitative estimate of drug-likeness (QED) is 0.483. The molecule has 0 aliphatic carbocycles. The van der Waals surface area contributed by atoms with E-state index in [0.29, 0.717) is 18.2 Å². The number of allylic oxidation sites excluding steroid dienone is 2. The van der Waals surface area contributed by atoms with Crippen LogP contribution in [0.2, 0.25) is 0 Å². The molecule has 6 nitrogen and oxygen atoms in total. The third-order valence-electron chi connectivity index (χ3n) is 2.90. The first-order valence-electron chi connectivity index (χ1n) is 5.34. The molecule has 0 spiro atoms. The fourth-order valence-corrected chi connectivity index (χ4v) is 1.75. The summed E-state index contributed by atoms with van der Waals surface area (Å²) in [7, 11) is 4.95. The standard InChI is InChI=1S/C11H15N3O3/c1-12-6-7-17-9(12)5-4-8-10(15)14(3)11(16)13(8)2/h4-5H,6-7H2,1-3H3/b8-4+,9-5-. The second-order valence-electron chi connectivity index (χ2n) is 4.03. The van der Waals surface area contributed by atoms with E-state index in [1.165, 1.54) is 11.9 Å². The molecule has 0 aromatic heterocycles. The van der Waals surface area contributed by atoms with Crippen LogP contribution in [-0.4, -0.2) is 60.9 Å². The third kappa shape index (κ3) is 1.86. The number of amides is 3. The fourth-order valence-electron chi connectivity index (χ4n) is 1.75. The Kier molecular flexibility index (Phi) is 2.79. The molecule has 2 heterocycles. The Morgan fingerprint density at radius 1 is 1.12 bits per heavy atom. The van der Waals surface area contributed by atoms with Gasteiger partial charge in [0, 0.05) is 27.2 Å². The number of nitrogens with zero attached hydrogens (tertiary/aromatic N) is 3. The molecule has 2 fully saturated rings. The maximum atomic E-state index is 11.7. The van der Waals surface area contributed by atoms with Gasteiger partial charge in [0.25, 0.3) is 5.91 Å². The Morgan fingerprint density at radius 3 is 2.29 bits per heavy atom. The summed E-state index contributed by atoms with van der Waals surface area (Å²) in [4.78, 5) is 27.6. The lowest BCUT2D eigenvalue weighted by molar-refractivity contribution is -0.122. The van der Waals surface area contributed by atoms with Gasteiger partial charge in [-0.1, -0.05) is 0 Å². The van der Waals surface area contributed by atoms with Crippen LogP contribution in [0.25, 0.3) is 0 Å². The zero-order chi connectivity index (χ0) is 12.6. The van der Waals surface area contributed by atoms with Gasteiger partial charge in [-0.25, -0.2) is 4.79 Å². The SMILES string of the molecule is CN1C(=O)/C(=C\C=C2/OCCN2C)N(C)C1=O. The number of likely N-dealkylation sites (N-methyl/N-ethyl adjacent to an activating group) is 3. The second-order valence-corrected chi connectivity index (χ2v) is 4.03. The van der Waals surface area contributed by atoms with Crippen LogP contribution >= 0.6 is 0 Å². The van der Waals surface area contributed by atoms with Crippen molar-refractivity contribution < 1.29 is 14.3 Å². The molecule has 0 aromatic rings. The lowest BCUT2D eigenvalue weighted by Gasteiger charge is -2.09. The van der Waals surface area contributed by atoms with Crippen LogP contribution in [-0.2, 0) is 9.53 Å². The maximum Gasteiger partial charge on any atom is 0.331 e. The van der Waals surface area contributed by atoms with E-state index in [9.17, 15) is 9.59 Å². The summed E-state index contributed by atoms with van der Waals surface area (Å²) < 4.78 is 5.36. The Morgan fingerprint density at radius 2 is 1.82 bits per heavy atom. The topological polar surface area (TPSA) is 53.1 Å². The summed E-state index contributed by atoms with van der Waals surface area (Å²) in [5, 5.41) is 0. The normalized spacial score (nSPS) is 25.5. The average molecular weight is 237 g/mol. The number of carbonyl (C=O) groups excluding carboxylic acids is 2. The highest BCUT2D eigenvalue weighted by Gasteiger charge is 2.35. The van der Waals surface area contributed by atoms with E-state index in [4.69, 9.17) is 4.74 Å². The maximum absolute atomic E-state index is 11.7. The summed E-state index contributed by atoms with van der Waals surface area (Å²) in [5.74, 6) is 0.413. The smallest absolute Gasteiger partial charge is 0.331 e. The van der Waals surface area contributed by atoms with Gasteiger partial charge in [-0.2, -0.15) is 0 Å². The number of urea groups is 1. The Bertz CT molecular complexity index is 428. The molecule has 0 aromatic carbocycles. The molecule has 0 atom stereocenters. The number of imide groups is 1. The molecule has 3 amide bonds. The second kappa shape index (κ2) is 4.12. The van der Waals surface area contributed by atoms with E-state index >= 15 is 0 Å². The minimum Gasteiger partial charge on any atom is -0.477 e. The summed E-state index contributed by atoms with van der Waals surface area (Å²) in [6, 6.07) is -0.319. The average Bonchev–Trinajstić information content (AvgIpc) is 2.78. The van der Waals surface area contributed by atoms with Gasteiger partial charge in [0.2, 0.25) is 0 Å². The van der Waals surface area contributed by atoms with E-state index in [-0.39, 0.29) is 11.9 Å². The van der Waals surface area contributed by atoms with Gasteiger partial charge in [-0.05, 0) is 6.08 Å². The zero-order valence-corrected chi connectivity index (χ0v) is 10.1. The molecule has 0 bridgehead atoms. The van der Waals surface area contributed by atoms with E-state index in [2.05, 4.69) is 0 Å². The lowest BCUT2D eigenvalue weighted by atomic mass is 10.3. The van der Waals surface area contributed by atoms with Crippen LogP contribution in [0.4, 0.5) is 4.79 Å². The molecule has 2 saturated heterocycles. The first-order valence-corrected chi connectivity index (χ1v) is 5.34. The molecule has 0 radical (unpaired) electrons. The predicted molar refractivity (Wildman–Crippen MR) is 60.7 cm³/mol. The van der Waals surface area contributed by atoms with Gasteiger partial charge in [-0.3, -0.25) is 14.6 Å². The Hall–Kier alpha value is -1.98. The molecule has 0 unspecified atom stereocenters. The molecule has 6 heteroatoms. The van der Waals surface area contributed by atoms with Gasteiger partial charge < -0.3 is 9.64 Å². The minimum atomic E-state index is -0.319. The van der Waals surface area contributed by atoms with Crippen molar-refractivity contribution in [3.63, 3.8) is 0 Å². The van der Waals surface area contributed by atoms with Crippen LogP contribution in [0.15, 0.2) is 23.7 Å². The molecular formula is C11H15N3O3. The molecule has 0 N–H and O–H groups in total. The molecule has 0 saturated carbocycles. The first-order chi connectivity index (χ1) is 8.02. The summed E-state index contributed by atoms with van der Waals surface area (Å²) in [5.41, 5.74) is 0.355. The monoisotopic (exact) mass is 237 g/mol. The Labute approximate surface area is 99.7 Å². The highest BCUT2D eigenvalue weighted by molar-refractivity contribution is 6.11. The van der Waals surface area contributed by atoms with Crippen molar-refractivity contribution in [2.45, 2.75) is 0 Å². The van der Waals surface area contributed by atoms with Crippen molar-refractivity contribution in [2.75, 3.05) is 34.3 Å². The van der Waals surface area contributed by atoms with Crippen molar-refractivity contribution in [3.05, 3.63) is 23.7 Å². The van der Waals surface area contributed by atoms with Crippen LogP contribution < -0.4 is 0 Å². The highest BCUT2D eigenvalue weighted by Crippen LogP contribution is 2.18. The summed E-state index contributed by atoms with van der Waals surface area (Å²) in [6.07, 6.45) is 3.32. The fraction of sp³-hybridized carbons (Fsp3) is 0.455. The number of hydrogen-bond donors (Lipinski definition) is 0. The van der Waals surface area contributed by atoms with Gasteiger partial charge in [-0.15, -0.1) is 0 Å². The Balaban J connectivity index is 2.23. The predicted octanol–water partition coefficient (Wildman–Crippen LogP) is 0.198. The van der Waals surface area contributed by atoms with E-state index < -0.39 is 0 Å². The van der Waals surface area contributed by atoms with Crippen molar-refractivity contribution >= 4 is 11.9 Å².